The van der Waals surface area contributed by atoms with Gasteiger partial charge in [-0.25, -0.2) is 14.8 Å². The summed E-state index contributed by atoms with van der Waals surface area (Å²) in [7, 11) is 1.90. The molecule has 88 valence electrons. The monoisotopic (exact) mass is 231 g/mol. The van der Waals surface area contributed by atoms with Gasteiger partial charge in [0.05, 0.1) is 18.5 Å². The molecule has 0 bridgehead atoms. The van der Waals surface area contributed by atoms with Gasteiger partial charge in [-0.1, -0.05) is 0 Å². The van der Waals surface area contributed by atoms with Gasteiger partial charge in [-0.2, -0.15) is 0 Å². The molecule has 0 spiro atoms. The fraction of sp³-hybridized carbons (Fsp3) is 0.250. The van der Waals surface area contributed by atoms with Gasteiger partial charge in [-0.05, 0) is 24.6 Å². The lowest BCUT2D eigenvalue weighted by atomic mass is 10.2. The molecule has 0 N–H and O–H groups in total. The summed E-state index contributed by atoms with van der Waals surface area (Å²) < 4.78 is 6.68. The van der Waals surface area contributed by atoms with Crippen molar-refractivity contribution in [3.8, 4) is 0 Å². The number of pyridine rings is 1. The zero-order valence-corrected chi connectivity index (χ0v) is 9.75. The van der Waals surface area contributed by atoms with Crippen molar-refractivity contribution in [2.24, 2.45) is 7.05 Å². The molecule has 2 rings (SSSR count). The normalized spacial score (nSPS) is 11.2. The van der Waals surface area contributed by atoms with Crippen molar-refractivity contribution >= 4 is 23.2 Å². The van der Waals surface area contributed by atoms with Crippen LogP contribution in [-0.4, -0.2) is 27.1 Å². The Kier molecular flexibility index (Phi) is 3.18. The van der Waals surface area contributed by atoms with Crippen LogP contribution in [0.25, 0.3) is 17.2 Å². The van der Waals surface area contributed by atoms with E-state index in [0.29, 0.717) is 12.3 Å². The highest BCUT2D eigenvalue weighted by molar-refractivity contribution is 5.87. The van der Waals surface area contributed by atoms with Gasteiger partial charge in [0.2, 0.25) is 0 Å². The standard InChI is InChI=1S/C12H13N3O2/c1-3-17-11(16)5-4-9-6-10-12(13-7-9)14-8-15(10)2/h4-8H,3H2,1-2H3/b5-4+. The fourth-order valence-corrected chi connectivity index (χ4v) is 1.47. The van der Waals surface area contributed by atoms with Crippen LogP contribution in [0.4, 0.5) is 0 Å². The average Bonchev–Trinajstić information content (AvgIpc) is 2.69. The molecule has 0 saturated carbocycles. The number of hydrogen-bond donors (Lipinski definition) is 0. The third-order valence-electron chi connectivity index (χ3n) is 2.30. The van der Waals surface area contributed by atoms with Gasteiger partial charge in [0.25, 0.3) is 0 Å². The first kappa shape index (κ1) is 11.3. The Morgan fingerprint density at radius 1 is 1.53 bits per heavy atom. The molecule has 0 aliphatic rings. The van der Waals surface area contributed by atoms with Crippen LogP contribution in [0.5, 0.6) is 0 Å². The van der Waals surface area contributed by atoms with Gasteiger partial charge >= 0.3 is 5.97 Å². The van der Waals surface area contributed by atoms with E-state index in [4.69, 9.17) is 4.74 Å². The molecule has 0 amide bonds. The molecule has 5 nitrogen and oxygen atoms in total. The van der Waals surface area contributed by atoms with E-state index in [1.807, 2.05) is 17.7 Å². The Hall–Kier alpha value is -2.17. The number of nitrogens with zero attached hydrogens (tertiary/aromatic N) is 3. The third-order valence-corrected chi connectivity index (χ3v) is 2.30. The van der Waals surface area contributed by atoms with Crippen LogP contribution in [-0.2, 0) is 16.6 Å². The Bertz CT molecular complexity index is 572. The highest BCUT2D eigenvalue weighted by Gasteiger charge is 2.01. The zero-order chi connectivity index (χ0) is 12.3. The minimum absolute atomic E-state index is 0.349. The van der Waals surface area contributed by atoms with Crippen LogP contribution < -0.4 is 0 Å². The number of carbonyl (C=O) groups is 1. The van der Waals surface area contributed by atoms with Gasteiger partial charge in [-0.3, -0.25) is 0 Å². The molecule has 5 heteroatoms. The van der Waals surface area contributed by atoms with Crippen molar-refractivity contribution in [3.05, 3.63) is 30.2 Å². The summed E-state index contributed by atoms with van der Waals surface area (Å²) in [5.41, 5.74) is 2.46. The van der Waals surface area contributed by atoms with Crippen LogP contribution in [0, 0.1) is 0 Å². The van der Waals surface area contributed by atoms with Crippen molar-refractivity contribution in [3.63, 3.8) is 0 Å². The molecular formula is C12H13N3O2. The Labute approximate surface area is 98.7 Å². The number of aromatic nitrogens is 3. The number of carbonyl (C=O) groups excluding carboxylic acids is 1. The Morgan fingerprint density at radius 3 is 3.12 bits per heavy atom. The second-order valence-corrected chi connectivity index (χ2v) is 3.55. The van der Waals surface area contributed by atoms with Gasteiger partial charge < -0.3 is 9.30 Å². The minimum Gasteiger partial charge on any atom is -0.463 e. The van der Waals surface area contributed by atoms with Crippen LogP contribution >= 0.6 is 0 Å². The maximum absolute atomic E-state index is 11.1. The van der Waals surface area contributed by atoms with E-state index in [0.717, 1.165) is 11.1 Å². The van der Waals surface area contributed by atoms with Crippen LogP contribution in [0.1, 0.15) is 12.5 Å². The van der Waals surface area contributed by atoms with E-state index in [-0.39, 0.29) is 5.97 Å². The van der Waals surface area contributed by atoms with Gasteiger partial charge in [-0.15, -0.1) is 0 Å². The van der Waals surface area contributed by atoms with Crippen molar-refractivity contribution in [2.45, 2.75) is 6.92 Å². The molecule has 0 unspecified atom stereocenters. The summed E-state index contributed by atoms with van der Waals surface area (Å²) >= 11 is 0. The molecule has 0 saturated heterocycles. The van der Waals surface area contributed by atoms with E-state index < -0.39 is 0 Å². The van der Waals surface area contributed by atoms with E-state index in [2.05, 4.69) is 9.97 Å². The summed E-state index contributed by atoms with van der Waals surface area (Å²) in [6.07, 6.45) is 6.45. The first-order valence-corrected chi connectivity index (χ1v) is 5.32. The molecule has 2 heterocycles. The number of esters is 1. The number of imidazole rings is 1. The largest absolute Gasteiger partial charge is 0.463 e. The summed E-state index contributed by atoms with van der Waals surface area (Å²) in [6, 6.07) is 1.92. The van der Waals surface area contributed by atoms with Gasteiger partial charge in [0.15, 0.2) is 5.65 Å². The summed E-state index contributed by atoms with van der Waals surface area (Å²) in [5, 5.41) is 0. The smallest absolute Gasteiger partial charge is 0.330 e. The first-order valence-electron chi connectivity index (χ1n) is 5.32. The lowest BCUT2D eigenvalue weighted by molar-refractivity contribution is -0.137. The van der Waals surface area contributed by atoms with Crippen molar-refractivity contribution in [1.29, 1.82) is 0 Å². The predicted octanol–water partition coefficient (Wildman–Crippen LogP) is 1.54. The average molecular weight is 231 g/mol. The maximum atomic E-state index is 11.1. The molecule has 0 radical (unpaired) electrons. The molecule has 2 aromatic rings. The van der Waals surface area contributed by atoms with Gasteiger partial charge in [0.1, 0.15) is 0 Å². The van der Waals surface area contributed by atoms with E-state index in [1.165, 1.54) is 6.08 Å². The predicted molar refractivity (Wildman–Crippen MR) is 64.2 cm³/mol. The molecular weight excluding hydrogens is 218 g/mol. The molecule has 0 atom stereocenters. The number of hydrogen-bond acceptors (Lipinski definition) is 4. The lowest BCUT2D eigenvalue weighted by Gasteiger charge is -1.97. The lowest BCUT2D eigenvalue weighted by Crippen LogP contribution is -1.98. The van der Waals surface area contributed by atoms with Crippen molar-refractivity contribution in [1.82, 2.24) is 14.5 Å². The quantitative estimate of drug-likeness (QED) is 0.594. The second kappa shape index (κ2) is 4.78. The molecule has 0 aliphatic carbocycles. The minimum atomic E-state index is -0.349. The van der Waals surface area contributed by atoms with Crippen molar-refractivity contribution < 1.29 is 9.53 Å². The van der Waals surface area contributed by atoms with Crippen LogP contribution in [0.3, 0.4) is 0 Å². The first-order chi connectivity index (χ1) is 8.20. The topological polar surface area (TPSA) is 57.0 Å². The molecule has 0 fully saturated rings. The summed E-state index contributed by atoms with van der Waals surface area (Å²) in [6.45, 7) is 2.15. The van der Waals surface area contributed by atoms with E-state index in [1.54, 1.807) is 25.5 Å². The number of fused-ring (bicyclic) bond motifs is 1. The number of ether oxygens (including phenoxy) is 1. The second-order valence-electron chi connectivity index (χ2n) is 3.55. The molecule has 2 aromatic heterocycles. The Balaban J connectivity index is 2.24. The highest BCUT2D eigenvalue weighted by atomic mass is 16.5. The molecule has 0 aliphatic heterocycles. The third kappa shape index (κ3) is 2.50. The number of aryl methyl sites for hydroxylation is 1. The Morgan fingerprint density at radius 2 is 2.35 bits per heavy atom. The maximum Gasteiger partial charge on any atom is 0.330 e. The SMILES string of the molecule is CCOC(=O)/C=C/c1cnc2ncn(C)c2c1. The van der Waals surface area contributed by atoms with Crippen LogP contribution in [0.2, 0.25) is 0 Å². The summed E-state index contributed by atoms with van der Waals surface area (Å²) in [4.78, 5) is 19.5. The van der Waals surface area contributed by atoms with Crippen LogP contribution in [0.15, 0.2) is 24.7 Å². The van der Waals surface area contributed by atoms with Crippen molar-refractivity contribution in [2.75, 3.05) is 6.61 Å². The van der Waals surface area contributed by atoms with E-state index in [9.17, 15) is 4.79 Å². The van der Waals surface area contributed by atoms with E-state index >= 15 is 0 Å². The fourth-order valence-electron chi connectivity index (χ4n) is 1.47. The highest BCUT2D eigenvalue weighted by Crippen LogP contribution is 2.11. The zero-order valence-electron chi connectivity index (χ0n) is 9.75. The number of rotatable bonds is 3. The molecule has 0 aromatic carbocycles. The van der Waals surface area contributed by atoms with Gasteiger partial charge in [0, 0.05) is 19.3 Å². The summed E-state index contributed by atoms with van der Waals surface area (Å²) in [5.74, 6) is -0.349. The molecule has 17 heavy (non-hydrogen) atoms.